The highest BCUT2D eigenvalue weighted by Crippen LogP contribution is 2.41. The van der Waals surface area contributed by atoms with Crippen LogP contribution >= 0.6 is 0 Å². The summed E-state index contributed by atoms with van der Waals surface area (Å²) in [6.07, 6.45) is -4.34. The van der Waals surface area contributed by atoms with Gasteiger partial charge < -0.3 is 61.9 Å². The molecule has 5 aromatic rings. The lowest BCUT2D eigenvalue weighted by Crippen LogP contribution is -2.67. The SMILES string of the molecule is C=CCCCCCCO[C@@H]1OC(COCc2ccccc2)[C@@H](O[C@@H]2OC3COC(c4ccccc4)O[C@@H]3[C@H](O)C2O[C@@H]2OC(C)[C@@H](OCc3ccccc3)[C@H](OCc3ccccc3)C2OCc2ccccc2)[C@H](C)C1C. The Balaban J connectivity index is 1.02. The number of hydrogen-bond donors (Lipinski definition) is 1. The summed E-state index contributed by atoms with van der Waals surface area (Å²) >= 11 is 0. The van der Waals surface area contributed by atoms with Crippen LogP contribution < -0.4 is 0 Å². The van der Waals surface area contributed by atoms with Crippen molar-refractivity contribution in [2.75, 3.05) is 19.8 Å². The lowest BCUT2D eigenvalue weighted by Gasteiger charge is -2.52. The fraction of sp³-hybridized carbons (Fsp3) is 0.492. The van der Waals surface area contributed by atoms with E-state index in [4.69, 9.17) is 56.8 Å². The summed E-state index contributed by atoms with van der Waals surface area (Å²) in [4.78, 5) is 0. The predicted octanol–water partition coefficient (Wildman–Crippen LogP) is 10.8. The normalized spacial score (nSPS) is 31.6. The minimum Gasteiger partial charge on any atom is -0.387 e. The first-order valence-electron chi connectivity index (χ1n) is 27.4. The third kappa shape index (κ3) is 15.1. The molecule has 5 aromatic carbocycles. The van der Waals surface area contributed by atoms with Crippen molar-refractivity contribution in [2.24, 2.45) is 11.8 Å². The van der Waals surface area contributed by atoms with E-state index in [1.54, 1.807) is 0 Å². The van der Waals surface area contributed by atoms with Gasteiger partial charge in [0.1, 0.15) is 48.8 Å². The maximum Gasteiger partial charge on any atom is 0.187 e. The first kappa shape index (κ1) is 56.1. The third-order valence-corrected chi connectivity index (χ3v) is 15.0. The molecule has 76 heavy (non-hydrogen) atoms. The fourth-order valence-corrected chi connectivity index (χ4v) is 10.5. The van der Waals surface area contributed by atoms with Crippen LogP contribution in [0.1, 0.15) is 87.0 Å². The summed E-state index contributed by atoms with van der Waals surface area (Å²) in [5.74, 6) is -0.207. The van der Waals surface area contributed by atoms with E-state index in [2.05, 4.69) is 20.4 Å². The Kier molecular flexibility index (Phi) is 21.2. The smallest absolute Gasteiger partial charge is 0.187 e. The summed E-state index contributed by atoms with van der Waals surface area (Å²) in [6.45, 7) is 12.2. The molecule has 13 nitrogen and oxygen atoms in total. The second-order valence-electron chi connectivity index (χ2n) is 20.5. The topological polar surface area (TPSA) is 131 Å². The van der Waals surface area contributed by atoms with Crippen LogP contribution in [0.2, 0.25) is 0 Å². The van der Waals surface area contributed by atoms with Crippen LogP contribution in [-0.2, 0) is 83.3 Å². The van der Waals surface area contributed by atoms with Gasteiger partial charge in [0.2, 0.25) is 0 Å². The van der Waals surface area contributed by atoms with Gasteiger partial charge in [0, 0.05) is 18.1 Å². The second kappa shape index (κ2) is 28.8. The molecule has 4 aliphatic heterocycles. The van der Waals surface area contributed by atoms with Crippen LogP contribution in [0, 0.1) is 11.8 Å². The Morgan fingerprint density at radius 1 is 0.513 bits per heavy atom. The highest BCUT2D eigenvalue weighted by atomic mass is 16.8. The molecule has 0 spiro atoms. The van der Waals surface area contributed by atoms with E-state index in [1.807, 2.05) is 165 Å². The van der Waals surface area contributed by atoms with Crippen LogP contribution in [0.3, 0.4) is 0 Å². The lowest BCUT2D eigenvalue weighted by molar-refractivity contribution is -0.408. The number of unbranched alkanes of at least 4 members (excludes halogenated alkanes) is 4. The largest absolute Gasteiger partial charge is 0.387 e. The lowest BCUT2D eigenvalue weighted by atomic mass is 9.84. The number of allylic oxidation sites excluding steroid dienone is 1. The number of ether oxygens (including phenoxy) is 12. The Morgan fingerprint density at radius 3 is 1.64 bits per heavy atom. The van der Waals surface area contributed by atoms with Crippen molar-refractivity contribution < 1.29 is 61.9 Å². The van der Waals surface area contributed by atoms with Gasteiger partial charge in [0.25, 0.3) is 0 Å². The number of benzene rings is 5. The van der Waals surface area contributed by atoms with E-state index in [1.165, 1.54) is 0 Å². The quantitative estimate of drug-likeness (QED) is 0.0417. The molecule has 13 heteroatoms. The highest BCUT2D eigenvalue weighted by Gasteiger charge is 2.56. The summed E-state index contributed by atoms with van der Waals surface area (Å²) in [5.41, 5.74) is 4.78. The maximum atomic E-state index is 12.9. The van der Waals surface area contributed by atoms with Crippen molar-refractivity contribution in [1.29, 1.82) is 0 Å². The first-order chi connectivity index (χ1) is 37.3. The van der Waals surface area contributed by atoms with Crippen molar-refractivity contribution in [3.8, 4) is 0 Å². The molecule has 4 fully saturated rings. The van der Waals surface area contributed by atoms with Crippen molar-refractivity contribution in [2.45, 2.75) is 166 Å². The number of aliphatic hydroxyl groups excluding tert-OH is 1. The van der Waals surface area contributed by atoms with Gasteiger partial charge in [-0.05, 0) is 54.4 Å². The minimum absolute atomic E-state index is 0.0848. The van der Waals surface area contributed by atoms with Crippen LogP contribution in [0.25, 0.3) is 0 Å². The predicted molar refractivity (Wildman–Crippen MR) is 286 cm³/mol. The molecule has 16 atom stereocenters. The average molecular weight is 1040 g/mol. The molecule has 9 rings (SSSR count). The monoisotopic (exact) mass is 1040 g/mol. The van der Waals surface area contributed by atoms with Gasteiger partial charge >= 0.3 is 0 Å². The summed E-state index contributed by atoms with van der Waals surface area (Å²) in [5, 5.41) is 12.9. The second-order valence-corrected chi connectivity index (χ2v) is 20.5. The Morgan fingerprint density at radius 2 is 1.04 bits per heavy atom. The van der Waals surface area contributed by atoms with Crippen LogP contribution in [0.4, 0.5) is 0 Å². The third-order valence-electron chi connectivity index (χ3n) is 15.0. The van der Waals surface area contributed by atoms with E-state index < -0.39 is 86.2 Å². The van der Waals surface area contributed by atoms with Crippen molar-refractivity contribution >= 4 is 0 Å². The van der Waals surface area contributed by atoms with E-state index in [0.29, 0.717) is 19.8 Å². The molecule has 0 aliphatic carbocycles. The summed E-state index contributed by atoms with van der Waals surface area (Å²) in [7, 11) is 0. The molecular weight excluding hydrogens is 965 g/mol. The first-order valence-corrected chi connectivity index (χ1v) is 27.4. The molecule has 0 saturated carbocycles. The zero-order valence-electron chi connectivity index (χ0n) is 44.3. The molecule has 1 N–H and O–H groups in total. The number of hydrogen-bond acceptors (Lipinski definition) is 13. The van der Waals surface area contributed by atoms with Crippen LogP contribution in [0.5, 0.6) is 0 Å². The molecule has 0 amide bonds. The van der Waals surface area contributed by atoms with E-state index >= 15 is 0 Å². The van der Waals surface area contributed by atoms with E-state index in [0.717, 1.165) is 59.9 Å². The van der Waals surface area contributed by atoms with Gasteiger partial charge in [-0.2, -0.15) is 0 Å². The molecular formula is C63H78O13. The van der Waals surface area contributed by atoms with Crippen molar-refractivity contribution in [1.82, 2.24) is 0 Å². The molecule has 7 unspecified atom stereocenters. The van der Waals surface area contributed by atoms with Gasteiger partial charge in [0.05, 0.1) is 51.8 Å². The van der Waals surface area contributed by atoms with E-state index in [-0.39, 0.29) is 38.3 Å². The highest BCUT2D eigenvalue weighted by molar-refractivity contribution is 5.18. The van der Waals surface area contributed by atoms with Gasteiger partial charge in [0.15, 0.2) is 25.2 Å². The van der Waals surface area contributed by atoms with Gasteiger partial charge in [-0.15, -0.1) is 6.58 Å². The molecule has 4 saturated heterocycles. The molecule has 4 heterocycles. The number of fused-ring (bicyclic) bond motifs is 1. The Hall–Kier alpha value is -4.68. The Bertz CT molecular complexity index is 2400. The van der Waals surface area contributed by atoms with Crippen molar-refractivity contribution in [3.05, 3.63) is 192 Å². The van der Waals surface area contributed by atoms with Gasteiger partial charge in [-0.3, -0.25) is 0 Å². The zero-order valence-corrected chi connectivity index (χ0v) is 44.3. The average Bonchev–Trinajstić information content (AvgIpc) is 3.47. The molecule has 408 valence electrons. The van der Waals surface area contributed by atoms with Gasteiger partial charge in [-0.25, -0.2) is 0 Å². The molecule has 0 radical (unpaired) electrons. The maximum absolute atomic E-state index is 12.9. The standard InChI is InChI=1S/C63H78O13/c1-5-6-7-8-9-25-36-66-60-44(3)43(2)54(51(72-60)41-65-37-46-26-15-10-16-27-46)74-62-57(53(64)56-52(73-62)42-70-61(75-56)50-34-23-14-24-35-50)76-63-59(69-40-49-32-21-13-22-33-49)58(68-39-48-30-19-12-20-31-48)55(45(4)71-63)67-38-47-28-17-11-18-29-47/h5,10-24,26-35,43-45,51-64H,1,6-9,25,36-42H2,2-4H3/t43-,44?,45?,51?,52?,53+,54+,55-,56+,57?,58+,59?,60-,61?,62+,63+/m1/s1. The van der Waals surface area contributed by atoms with Crippen LogP contribution in [0.15, 0.2) is 164 Å². The van der Waals surface area contributed by atoms with Crippen molar-refractivity contribution in [3.63, 3.8) is 0 Å². The summed E-state index contributed by atoms with van der Waals surface area (Å²) < 4.78 is 81.7. The fourth-order valence-electron chi connectivity index (χ4n) is 10.5. The Labute approximate surface area is 449 Å². The molecule has 0 bridgehead atoms. The van der Waals surface area contributed by atoms with Crippen LogP contribution in [-0.4, -0.2) is 105 Å². The summed E-state index contributed by atoms with van der Waals surface area (Å²) in [6, 6.07) is 49.7. The number of aliphatic hydroxyl groups is 1. The number of rotatable bonds is 26. The molecule has 0 aromatic heterocycles. The minimum atomic E-state index is -1.30. The van der Waals surface area contributed by atoms with E-state index in [9.17, 15) is 5.11 Å². The molecule has 4 aliphatic rings. The van der Waals surface area contributed by atoms with Gasteiger partial charge in [-0.1, -0.05) is 184 Å². The zero-order chi connectivity index (χ0) is 52.5.